The van der Waals surface area contributed by atoms with Crippen LogP contribution in [0.25, 0.3) is 16.6 Å². The third-order valence-corrected chi connectivity index (χ3v) is 4.79. The first kappa shape index (κ1) is 20.7. The Morgan fingerprint density at radius 2 is 1.76 bits per heavy atom. The summed E-state index contributed by atoms with van der Waals surface area (Å²) in [4.78, 5) is 14.8. The molecule has 2 aromatic carbocycles. The molecule has 6 nitrogen and oxygen atoms in total. The number of fused-ring (bicyclic) bond motifs is 1. The number of likely N-dealkylation sites (N-methyl/N-ethyl adjacent to an activating group) is 1. The van der Waals surface area contributed by atoms with Crippen LogP contribution in [-0.4, -0.2) is 56.4 Å². The molecule has 0 atom stereocenters. The predicted molar refractivity (Wildman–Crippen MR) is 115 cm³/mol. The van der Waals surface area contributed by atoms with Crippen LogP contribution in [0.4, 0.5) is 0 Å². The molecule has 0 N–H and O–H groups in total. The Balaban J connectivity index is 2.10. The lowest BCUT2D eigenvalue weighted by Crippen LogP contribution is -2.19. The summed E-state index contributed by atoms with van der Waals surface area (Å²) >= 11 is 0. The van der Waals surface area contributed by atoms with E-state index in [0.29, 0.717) is 18.8 Å². The van der Waals surface area contributed by atoms with Crippen LogP contribution < -0.4 is 9.47 Å². The molecule has 0 aliphatic heterocycles. The van der Waals surface area contributed by atoms with Gasteiger partial charge in [-0.15, -0.1) is 0 Å². The minimum Gasteiger partial charge on any atom is -0.497 e. The maximum Gasteiger partial charge on any atom is 0.340 e. The number of methoxy groups -OCH3 is 1. The topological polar surface area (TPSA) is 52.9 Å². The molecule has 0 unspecified atom stereocenters. The predicted octanol–water partition coefficient (Wildman–Crippen LogP) is 4.06. The second kappa shape index (κ2) is 9.01. The number of nitrogens with zero attached hydrogens (tertiary/aromatic N) is 2. The van der Waals surface area contributed by atoms with Gasteiger partial charge in [-0.2, -0.15) is 0 Å². The summed E-state index contributed by atoms with van der Waals surface area (Å²) in [6.07, 6.45) is 0. The van der Waals surface area contributed by atoms with E-state index in [1.54, 1.807) is 7.11 Å². The molecule has 3 rings (SSSR count). The first-order valence-corrected chi connectivity index (χ1v) is 9.70. The number of rotatable bonds is 8. The van der Waals surface area contributed by atoms with E-state index in [4.69, 9.17) is 14.2 Å². The van der Waals surface area contributed by atoms with Gasteiger partial charge in [0.25, 0.3) is 0 Å². The molecule has 0 saturated heterocycles. The minimum absolute atomic E-state index is 0.326. The molecule has 0 aliphatic rings. The number of aromatic nitrogens is 1. The van der Waals surface area contributed by atoms with E-state index in [1.807, 2.05) is 70.4 Å². The first-order chi connectivity index (χ1) is 14.0. The number of ether oxygens (including phenoxy) is 3. The van der Waals surface area contributed by atoms with E-state index in [2.05, 4.69) is 9.47 Å². The van der Waals surface area contributed by atoms with Crippen LogP contribution >= 0.6 is 0 Å². The van der Waals surface area contributed by atoms with Crippen LogP contribution in [0, 0.1) is 6.92 Å². The van der Waals surface area contributed by atoms with Crippen molar-refractivity contribution < 1.29 is 19.0 Å². The molecular formula is C23H28N2O4. The van der Waals surface area contributed by atoms with Gasteiger partial charge in [0.05, 0.1) is 24.8 Å². The largest absolute Gasteiger partial charge is 0.497 e. The second-order valence-electron chi connectivity index (χ2n) is 7.05. The molecule has 0 bridgehead atoms. The highest BCUT2D eigenvalue weighted by Gasteiger charge is 2.22. The fourth-order valence-electron chi connectivity index (χ4n) is 3.36. The molecule has 0 spiro atoms. The maximum absolute atomic E-state index is 12.7. The smallest absolute Gasteiger partial charge is 0.340 e. The van der Waals surface area contributed by atoms with Crippen LogP contribution in [0.1, 0.15) is 23.0 Å². The van der Waals surface area contributed by atoms with Crippen molar-refractivity contribution in [3.05, 3.63) is 53.7 Å². The zero-order valence-electron chi connectivity index (χ0n) is 17.7. The number of benzene rings is 2. The van der Waals surface area contributed by atoms with Gasteiger partial charge in [-0.3, -0.25) is 0 Å². The van der Waals surface area contributed by atoms with E-state index in [9.17, 15) is 4.79 Å². The Morgan fingerprint density at radius 1 is 1.07 bits per heavy atom. The molecular weight excluding hydrogens is 368 g/mol. The van der Waals surface area contributed by atoms with Crippen molar-refractivity contribution >= 4 is 16.9 Å². The van der Waals surface area contributed by atoms with Crippen molar-refractivity contribution in [2.45, 2.75) is 13.8 Å². The summed E-state index contributed by atoms with van der Waals surface area (Å²) in [6.45, 7) is 5.46. The maximum atomic E-state index is 12.7. The minimum atomic E-state index is -0.326. The molecule has 154 valence electrons. The Kier molecular flexibility index (Phi) is 6.44. The summed E-state index contributed by atoms with van der Waals surface area (Å²) in [5.74, 6) is 1.19. The van der Waals surface area contributed by atoms with Crippen LogP contribution in [0.3, 0.4) is 0 Å². The molecule has 0 amide bonds. The lowest BCUT2D eigenvalue weighted by atomic mass is 10.1. The SMILES string of the molecule is CCOC(=O)c1c(C)n(-c2ccc(OC)cc2)c2ccc(OCCN(C)C)cc12. The molecule has 1 heterocycles. The average Bonchev–Trinajstić information content (AvgIpc) is 2.99. The van der Waals surface area contributed by atoms with Crippen molar-refractivity contribution in [3.63, 3.8) is 0 Å². The van der Waals surface area contributed by atoms with Crippen LogP contribution in [0.2, 0.25) is 0 Å². The number of carbonyl (C=O) groups is 1. The van der Waals surface area contributed by atoms with Gasteiger partial charge >= 0.3 is 5.97 Å². The van der Waals surface area contributed by atoms with Gasteiger partial charge in [0.15, 0.2) is 0 Å². The van der Waals surface area contributed by atoms with Crippen LogP contribution in [-0.2, 0) is 4.74 Å². The van der Waals surface area contributed by atoms with Crippen molar-refractivity contribution in [1.82, 2.24) is 9.47 Å². The summed E-state index contributed by atoms with van der Waals surface area (Å²) in [7, 11) is 5.65. The Bertz CT molecular complexity index is 990. The normalized spacial score (nSPS) is 11.1. The summed E-state index contributed by atoms with van der Waals surface area (Å²) in [6, 6.07) is 13.6. The lowest BCUT2D eigenvalue weighted by Gasteiger charge is -2.12. The number of hydrogen-bond donors (Lipinski definition) is 0. The molecule has 29 heavy (non-hydrogen) atoms. The van der Waals surface area contributed by atoms with Crippen molar-refractivity contribution in [2.24, 2.45) is 0 Å². The van der Waals surface area contributed by atoms with Crippen LogP contribution in [0.5, 0.6) is 11.5 Å². The zero-order valence-corrected chi connectivity index (χ0v) is 17.7. The molecule has 0 saturated carbocycles. The zero-order chi connectivity index (χ0) is 21.0. The van der Waals surface area contributed by atoms with Crippen molar-refractivity contribution in [2.75, 3.05) is 41.0 Å². The second-order valence-corrected chi connectivity index (χ2v) is 7.05. The molecule has 0 aliphatic carbocycles. The molecule has 1 aromatic heterocycles. The first-order valence-electron chi connectivity index (χ1n) is 9.70. The Hall–Kier alpha value is -2.99. The van der Waals surface area contributed by atoms with E-state index in [-0.39, 0.29) is 5.97 Å². The highest BCUT2D eigenvalue weighted by atomic mass is 16.5. The van der Waals surface area contributed by atoms with Crippen LogP contribution in [0.15, 0.2) is 42.5 Å². The van der Waals surface area contributed by atoms with Gasteiger partial charge < -0.3 is 23.7 Å². The fourth-order valence-corrected chi connectivity index (χ4v) is 3.36. The van der Waals surface area contributed by atoms with E-state index < -0.39 is 0 Å². The van der Waals surface area contributed by atoms with Gasteiger partial charge in [0.2, 0.25) is 0 Å². The highest BCUT2D eigenvalue weighted by molar-refractivity contribution is 6.07. The Morgan fingerprint density at radius 3 is 2.38 bits per heavy atom. The molecule has 0 fully saturated rings. The highest BCUT2D eigenvalue weighted by Crippen LogP contribution is 2.33. The third-order valence-electron chi connectivity index (χ3n) is 4.79. The average molecular weight is 396 g/mol. The lowest BCUT2D eigenvalue weighted by molar-refractivity contribution is 0.0527. The molecule has 3 aromatic rings. The van der Waals surface area contributed by atoms with Gasteiger partial charge in [0.1, 0.15) is 18.1 Å². The Labute approximate surface area is 171 Å². The van der Waals surface area contributed by atoms with Gasteiger partial charge in [-0.05, 0) is 70.4 Å². The van der Waals surface area contributed by atoms with E-state index in [0.717, 1.165) is 40.3 Å². The van der Waals surface area contributed by atoms with Crippen molar-refractivity contribution in [3.8, 4) is 17.2 Å². The summed E-state index contributed by atoms with van der Waals surface area (Å²) in [5.41, 5.74) is 3.27. The van der Waals surface area contributed by atoms with E-state index in [1.165, 1.54) is 0 Å². The monoisotopic (exact) mass is 396 g/mol. The summed E-state index contributed by atoms with van der Waals surface area (Å²) in [5, 5.41) is 0.819. The summed E-state index contributed by atoms with van der Waals surface area (Å²) < 4.78 is 18.5. The molecule has 6 heteroatoms. The number of carbonyl (C=O) groups excluding carboxylic acids is 1. The fraction of sp³-hybridized carbons (Fsp3) is 0.348. The van der Waals surface area contributed by atoms with E-state index >= 15 is 0 Å². The number of hydrogen-bond acceptors (Lipinski definition) is 5. The number of esters is 1. The van der Waals surface area contributed by atoms with Crippen molar-refractivity contribution in [1.29, 1.82) is 0 Å². The third kappa shape index (κ3) is 4.38. The molecule has 0 radical (unpaired) electrons. The quantitative estimate of drug-likeness (QED) is 0.538. The standard InChI is InChI=1S/C23H28N2O4/c1-6-28-23(26)22-16(2)25(17-7-9-18(27-5)10-8-17)21-12-11-19(15-20(21)22)29-14-13-24(3)4/h7-12,15H,6,13-14H2,1-5H3. The van der Waals surface area contributed by atoms with Gasteiger partial charge in [-0.1, -0.05) is 0 Å². The van der Waals surface area contributed by atoms with Gasteiger partial charge in [0, 0.05) is 23.3 Å². The van der Waals surface area contributed by atoms with Gasteiger partial charge in [-0.25, -0.2) is 4.79 Å².